The average molecular weight is 492 g/mol. The van der Waals surface area contributed by atoms with Gasteiger partial charge in [-0.15, -0.1) is 0 Å². The highest BCUT2D eigenvalue weighted by Crippen LogP contribution is 2.37. The Morgan fingerprint density at radius 3 is 2.31 bits per heavy atom. The molecule has 10 heteroatoms. The van der Waals surface area contributed by atoms with Crippen LogP contribution in [-0.4, -0.2) is 31.4 Å². The molecular weight excluding hydrogens is 471 g/mol. The normalized spacial score (nSPS) is 11.1. The topological polar surface area (TPSA) is 91.2 Å². The van der Waals surface area contributed by atoms with E-state index in [4.69, 9.17) is 28.2 Å². The average Bonchev–Trinajstić information content (AvgIpc) is 3.03. The highest BCUT2D eigenvalue weighted by molar-refractivity contribution is 7.99. The van der Waals surface area contributed by atoms with Crippen molar-refractivity contribution in [3.8, 4) is 0 Å². The number of imide groups is 1. The van der Waals surface area contributed by atoms with Crippen molar-refractivity contribution in [2.24, 2.45) is 0 Å². The summed E-state index contributed by atoms with van der Waals surface area (Å²) in [5.41, 5.74) is 1.72. The molecule has 3 rings (SSSR count). The molecule has 2 aromatic heterocycles. The monoisotopic (exact) mass is 491 g/mol. The van der Waals surface area contributed by atoms with E-state index in [2.05, 4.69) is 4.98 Å². The van der Waals surface area contributed by atoms with Crippen LogP contribution in [0.1, 0.15) is 43.8 Å². The number of pyridine rings is 1. The maximum absolute atomic E-state index is 11.9. The van der Waals surface area contributed by atoms with E-state index in [0.29, 0.717) is 27.3 Å². The Balaban J connectivity index is 2.14. The number of aromatic nitrogens is 3. The molecular formula is C22H21Cl2N4O3S-. The summed E-state index contributed by atoms with van der Waals surface area (Å²) in [6, 6.07) is 8.99. The summed E-state index contributed by atoms with van der Waals surface area (Å²) in [7, 11) is 0. The lowest BCUT2D eigenvalue weighted by molar-refractivity contribution is -0.264. The van der Waals surface area contributed by atoms with Crippen molar-refractivity contribution in [2.45, 2.75) is 49.7 Å². The molecule has 1 aromatic carbocycles. The predicted octanol–water partition coefficient (Wildman–Crippen LogP) is 4.60. The van der Waals surface area contributed by atoms with Gasteiger partial charge in [0.2, 0.25) is 5.91 Å². The first kappa shape index (κ1) is 24.1. The van der Waals surface area contributed by atoms with E-state index in [-0.39, 0.29) is 12.5 Å². The number of nitrogens with zero attached hydrogens (tertiary/aromatic N) is 4. The van der Waals surface area contributed by atoms with Crippen LogP contribution in [0.4, 0.5) is 4.79 Å². The first-order valence-corrected chi connectivity index (χ1v) is 11.3. The Morgan fingerprint density at radius 1 is 1.16 bits per heavy atom. The van der Waals surface area contributed by atoms with Crippen LogP contribution in [0, 0.1) is 0 Å². The summed E-state index contributed by atoms with van der Waals surface area (Å²) in [6.45, 7) is 5.37. The SMILES string of the molecule is CC(=O)N(Cc1nc(C(C)C)c(Sc2cc(Cl)cc(Cl)c2)n1Cc1ccncc1)C(=O)[O-]. The van der Waals surface area contributed by atoms with E-state index in [1.807, 2.05) is 30.5 Å². The van der Waals surface area contributed by atoms with Gasteiger partial charge in [-0.1, -0.05) is 48.8 Å². The zero-order valence-corrected chi connectivity index (χ0v) is 20.0. The van der Waals surface area contributed by atoms with Crippen LogP contribution in [0.3, 0.4) is 0 Å². The molecule has 0 radical (unpaired) electrons. The van der Waals surface area contributed by atoms with Gasteiger partial charge < -0.3 is 14.5 Å². The molecule has 0 spiro atoms. The molecule has 0 saturated heterocycles. The fourth-order valence-electron chi connectivity index (χ4n) is 3.09. The molecule has 0 unspecified atom stereocenters. The van der Waals surface area contributed by atoms with Crippen LogP contribution in [0.2, 0.25) is 10.0 Å². The predicted molar refractivity (Wildman–Crippen MR) is 122 cm³/mol. The molecule has 0 aliphatic rings. The molecule has 168 valence electrons. The van der Waals surface area contributed by atoms with Gasteiger partial charge in [0.1, 0.15) is 16.9 Å². The number of imidazole rings is 1. The maximum Gasteiger partial charge on any atom is 0.225 e. The third-order valence-corrected chi connectivity index (χ3v) is 6.14. The minimum Gasteiger partial charge on any atom is -0.530 e. The minimum atomic E-state index is -1.57. The van der Waals surface area contributed by atoms with E-state index in [1.54, 1.807) is 30.6 Å². The lowest BCUT2D eigenvalue weighted by atomic mass is 10.1. The summed E-state index contributed by atoms with van der Waals surface area (Å²) in [5, 5.41) is 13.3. The van der Waals surface area contributed by atoms with Crippen molar-refractivity contribution in [3.63, 3.8) is 0 Å². The second-order valence-corrected chi connectivity index (χ2v) is 9.33. The number of benzene rings is 1. The quantitative estimate of drug-likeness (QED) is 0.479. The van der Waals surface area contributed by atoms with Gasteiger partial charge in [-0.25, -0.2) is 4.98 Å². The van der Waals surface area contributed by atoms with Gasteiger partial charge in [0.15, 0.2) is 0 Å². The van der Waals surface area contributed by atoms with Crippen molar-refractivity contribution >= 4 is 47.0 Å². The van der Waals surface area contributed by atoms with E-state index in [9.17, 15) is 14.7 Å². The zero-order valence-electron chi connectivity index (χ0n) is 17.7. The smallest absolute Gasteiger partial charge is 0.225 e. The third-order valence-electron chi connectivity index (χ3n) is 4.61. The molecule has 3 aromatic rings. The summed E-state index contributed by atoms with van der Waals surface area (Å²) in [6.07, 6.45) is 1.79. The number of amides is 2. The van der Waals surface area contributed by atoms with Crippen LogP contribution >= 0.6 is 35.0 Å². The maximum atomic E-state index is 11.9. The van der Waals surface area contributed by atoms with Gasteiger partial charge in [0.25, 0.3) is 0 Å². The highest BCUT2D eigenvalue weighted by atomic mass is 35.5. The number of hydrogen-bond acceptors (Lipinski definition) is 6. The second-order valence-electron chi connectivity index (χ2n) is 7.39. The molecule has 0 aliphatic heterocycles. The Labute approximate surface area is 200 Å². The van der Waals surface area contributed by atoms with E-state index in [1.165, 1.54) is 18.7 Å². The molecule has 0 atom stereocenters. The van der Waals surface area contributed by atoms with Gasteiger partial charge in [-0.3, -0.25) is 14.7 Å². The molecule has 2 heterocycles. The standard InChI is InChI=1S/C22H22Cl2N4O3S/c1-13(2)20-21(32-18-9-16(23)8-17(24)10-18)28(11-15-4-6-25-7-5-15)19(26-20)12-27(14(3)29)22(30)31/h4-10,13H,11-12H2,1-3H3,(H,30,31)/p-1. The van der Waals surface area contributed by atoms with Crippen molar-refractivity contribution in [3.05, 3.63) is 69.9 Å². The van der Waals surface area contributed by atoms with Crippen molar-refractivity contribution in [1.29, 1.82) is 0 Å². The molecule has 0 bridgehead atoms. The fourth-order valence-corrected chi connectivity index (χ4v) is 5.00. The van der Waals surface area contributed by atoms with Crippen LogP contribution in [0.15, 0.2) is 52.6 Å². The fraction of sp³-hybridized carbons (Fsp3) is 0.273. The summed E-state index contributed by atoms with van der Waals surface area (Å²) < 4.78 is 1.91. The van der Waals surface area contributed by atoms with Crippen molar-refractivity contribution in [2.75, 3.05) is 0 Å². The largest absolute Gasteiger partial charge is 0.530 e. The van der Waals surface area contributed by atoms with Crippen LogP contribution < -0.4 is 5.11 Å². The zero-order chi connectivity index (χ0) is 23.4. The Morgan fingerprint density at radius 2 is 1.78 bits per heavy atom. The number of hydrogen-bond donors (Lipinski definition) is 0. The second kappa shape index (κ2) is 10.4. The number of carbonyl (C=O) groups is 2. The molecule has 0 saturated carbocycles. The van der Waals surface area contributed by atoms with E-state index >= 15 is 0 Å². The first-order chi connectivity index (χ1) is 15.2. The van der Waals surface area contributed by atoms with Crippen molar-refractivity contribution < 1.29 is 14.7 Å². The number of carboxylic acid groups (broad SMARTS) is 1. The molecule has 0 N–H and O–H groups in total. The van der Waals surface area contributed by atoms with Gasteiger partial charge in [0, 0.05) is 40.8 Å². The Kier molecular flexibility index (Phi) is 7.82. The van der Waals surface area contributed by atoms with Crippen LogP contribution in [-0.2, 0) is 17.9 Å². The molecule has 0 fully saturated rings. The summed E-state index contributed by atoms with van der Waals surface area (Å²) in [4.78, 5) is 33.6. The summed E-state index contributed by atoms with van der Waals surface area (Å²) in [5.74, 6) is -0.163. The van der Waals surface area contributed by atoms with E-state index in [0.717, 1.165) is 21.2 Å². The molecule has 7 nitrogen and oxygen atoms in total. The van der Waals surface area contributed by atoms with E-state index < -0.39 is 12.0 Å². The van der Waals surface area contributed by atoms with Gasteiger partial charge >= 0.3 is 0 Å². The van der Waals surface area contributed by atoms with Crippen LogP contribution in [0.25, 0.3) is 0 Å². The Bertz CT molecular complexity index is 1100. The number of carbonyl (C=O) groups excluding carboxylic acids is 2. The Hall–Kier alpha value is -2.55. The molecule has 2 amide bonds. The van der Waals surface area contributed by atoms with Gasteiger partial charge in [0.05, 0.1) is 12.2 Å². The minimum absolute atomic E-state index is 0.0401. The summed E-state index contributed by atoms with van der Waals surface area (Å²) >= 11 is 13.8. The molecule has 0 aliphatic carbocycles. The van der Waals surface area contributed by atoms with Crippen LogP contribution in [0.5, 0.6) is 0 Å². The first-order valence-electron chi connectivity index (χ1n) is 9.77. The highest BCUT2D eigenvalue weighted by Gasteiger charge is 2.23. The third kappa shape index (κ3) is 5.82. The van der Waals surface area contributed by atoms with Crippen molar-refractivity contribution in [1.82, 2.24) is 19.4 Å². The van der Waals surface area contributed by atoms with Gasteiger partial charge in [-0.2, -0.15) is 0 Å². The number of rotatable bonds is 7. The molecule has 32 heavy (non-hydrogen) atoms. The number of halogens is 2. The lowest BCUT2D eigenvalue weighted by Crippen LogP contribution is -2.44. The van der Waals surface area contributed by atoms with Gasteiger partial charge in [-0.05, 0) is 41.8 Å². The lowest BCUT2D eigenvalue weighted by Gasteiger charge is -2.22.